The smallest absolute Gasteiger partial charge is 0.0252 e. The zero-order valence-electron chi connectivity index (χ0n) is 11.8. The van der Waals surface area contributed by atoms with Gasteiger partial charge in [-0.15, -0.1) is 0 Å². The van der Waals surface area contributed by atoms with Crippen LogP contribution in [0.1, 0.15) is 53.9 Å². The van der Waals surface area contributed by atoms with Crippen LogP contribution in [0.2, 0.25) is 0 Å². The summed E-state index contributed by atoms with van der Waals surface area (Å²) in [6, 6.07) is 0.750. The van der Waals surface area contributed by atoms with Crippen LogP contribution in [0.5, 0.6) is 0 Å². The largest absolute Gasteiger partial charge is 0.309 e. The summed E-state index contributed by atoms with van der Waals surface area (Å²) in [7, 11) is 0. The monoisotopic (exact) mass is 226 g/mol. The SMILES string of the molecule is CCC1CNC(C)(C)CN1CCCC(C)C. The molecule has 1 heterocycles. The van der Waals surface area contributed by atoms with Gasteiger partial charge in [-0.05, 0) is 45.6 Å². The summed E-state index contributed by atoms with van der Waals surface area (Å²) < 4.78 is 0. The second-order valence-corrected chi connectivity index (χ2v) is 6.33. The van der Waals surface area contributed by atoms with Crippen molar-refractivity contribution < 1.29 is 0 Å². The molecule has 1 aliphatic heterocycles. The molecule has 2 heteroatoms. The summed E-state index contributed by atoms with van der Waals surface area (Å²) in [5, 5.41) is 3.65. The van der Waals surface area contributed by atoms with Crippen molar-refractivity contribution in [2.45, 2.75) is 65.5 Å². The molecule has 1 N–H and O–H groups in total. The lowest BCUT2D eigenvalue weighted by molar-refractivity contribution is 0.0901. The quantitative estimate of drug-likeness (QED) is 0.775. The molecule has 96 valence electrons. The van der Waals surface area contributed by atoms with E-state index in [4.69, 9.17) is 0 Å². The molecule has 0 aromatic heterocycles. The van der Waals surface area contributed by atoms with Gasteiger partial charge in [-0.3, -0.25) is 4.90 Å². The number of nitrogens with one attached hydrogen (secondary N) is 1. The molecule has 16 heavy (non-hydrogen) atoms. The summed E-state index contributed by atoms with van der Waals surface area (Å²) >= 11 is 0. The molecule has 0 aromatic rings. The van der Waals surface area contributed by atoms with Gasteiger partial charge in [0.1, 0.15) is 0 Å². The van der Waals surface area contributed by atoms with Crippen LogP contribution in [-0.2, 0) is 0 Å². The maximum absolute atomic E-state index is 3.65. The number of hydrogen-bond acceptors (Lipinski definition) is 2. The van der Waals surface area contributed by atoms with Crippen LogP contribution in [-0.4, -0.2) is 36.1 Å². The number of rotatable bonds is 5. The topological polar surface area (TPSA) is 15.3 Å². The molecule has 1 rings (SSSR count). The molecule has 1 unspecified atom stereocenters. The third kappa shape index (κ3) is 4.42. The molecule has 0 aromatic carbocycles. The molecule has 0 bridgehead atoms. The predicted octanol–water partition coefficient (Wildman–Crippen LogP) is 2.89. The Hall–Kier alpha value is -0.0800. The van der Waals surface area contributed by atoms with Crippen molar-refractivity contribution in [2.75, 3.05) is 19.6 Å². The van der Waals surface area contributed by atoms with E-state index in [2.05, 4.69) is 44.8 Å². The first-order chi connectivity index (χ1) is 7.44. The molecular weight excluding hydrogens is 196 g/mol. The Bertz CT molecular complexity index is 199. The van der Waals surface area contributed by atoms with E-state index in [0.29, 0.717) is 5.54 Å². The fraction of sp³-hybridized carbons (Fsp3) is 1.00. The number of nitrogens with zero attached hydrogens (tertiary/aromatic N) is 1. The molecule has 0 spiro atoms. The van der Waals surface area contributed by atoms with Crippen molar-refractivity contribution >= 4 is 0 Å². The summed E-state index contributed by atoms with van der Waals surface area (Å²) in [4.78, 5) is 2.69. The van der Waals surface area contributed by atoms with E-state index in [9.17, 15) is 0 Å². The Morgan fingerprint density at radius 1 is 1.38 bits per heavy atom. The molecule has 2 nitrogen and oxygen atoms in total. The first kappa shape index (κ1) is 14.0. The standard InChI is InChI=1S/C14H30N2/c1-6-13-10-15-14(4,5)11-16(13)9-7-8-12(2)3/h12-13,15H,6-11H2,1-5H3. The van der Waals surface area contributed by atoms with Gasteiger partial charge < -0.3 is 5.32 Å². The fourth-order valence-electron chi connectivity index (χ4n) is 2.58. The van der Waals surface area contributed by atoms with E-state index >= 15 is 0 Å². The van der Waals surface area contributed by atoms with Gasteiger partial charge >= 0.3 is 0 Å². The Kier molecular flexibility index (Phi) is 5.26. The van der Waals surface area contributed by atoms with Crippen LogP contribution >= 0.6 is 0 Å². The summed E-state index contributed by atoms with van der Waals surface area (Å²) in [6.45, 7) is 15.2. The Balaban J connectivity index is 2.39. The normalized spacial score (nSPS) is 26.2. The van der Waals surface area contributed by atoms with E-state index in [-0.39, 0.29) is 0 Å². The average Bonchev–Trinajstić information content (AvgIpc) is 2.16. The molecule has 0 saturated carbocycles. The van der Waals surface area contributed by atoms with Crippen molar-refractivity contribution in [1.29, 1.82) is 0 Å². The average molecular weight is 226 g/mol. The Labute approximate surface area is 102 Å². The lowest BCUT2D eigenvalue weighted by Crippen LogP contribution is -2.61. The predicted molar refractivity (Wildman–Crippen MR) is 71.8 cm³/mol. The summed E-state index contributed by atoms with van der Waals surface area (Å²) in [5.74, 6) is 0.844. The maximum Gasteiger partial charge on any atom is 0.0252 e. The van der Waals surface area contributed by atoms with E-state index in [1.807, 2.05) is 0 Å². The van der Waals surface area contributed by atoms with E-state index in [1.165, 1.54) is 32.4 Å². The maximum atomic E-state index is 3.65. The van der Waals surface area contributed by atoms with Crippen LogP contribution in [0.4, 0.5) is 0 Å². The molecule has 1 aliphatic rings. The molecular formula is C14H30N2. The van der Waals surface area contributed by atoms with Crippen LogP contribution in [0, 0.1) is 5.92 Å². The van der Waals surface area contributed by atoms with Crippen molar-refractivity contribution in [1.82, 2.24) is 10.2 Å². The Morgan fingerprint density at radius 3 is 2.62 bits per heavy atom. The van der Waals surface area contributed by atoms with Crippen molar-refractivity contribution in [3.63, 3.8) is 0 Å². The fourth-order valence-corrected chi connectivity index (χ4v) is 2.58. The minimum Gasteiger partial charge on any atom is -0.309 e. The lowest BCUT2D eigenvalue weighted by Gasteiger charge is -2.44. The molecule has 1 fully saturated rings. The van der Waals surface area contributed by atoms with Gasteiger partial charge in [-0.25, -0.2) is 0 Å². The highest BCUT2D eigenvalue weighted by Crippen LogP contribution is 2.18. The zero-order valence-corrected chi connectivity index (χ0v) is 11.8. The minimum absolute atomic E-state index is 0.295. The molecule has 0 amide bonds. The summed E-state index contributed by atoms with van der Waals surface area (Å²) in [5.41, 5.74) is 0.295. The van der Waals surface area contributed by atoms with Crippen LogP contribution < -0.4 is 5.32 Å². The third-order valence-corrected chi connectivity index (χ3v) is 3.63. The van der Waals surface area contributed by atoms with Crippen molar-refractivity contribution in [3.8, 4) is 0 Å². The highest BCUT2D eigenvalue weighted by Gasteiger charge is 2.30. The molecule has 0 radical (unpaired) electrons. The van der Waals surface area contributed by atoms with Gasteiger partial charge in [0.25, 0.3) is 0 Å². The van der Waals surface area contributed by atoms with Gasteiger partial charge in [0.15, 0.2) is 0 Å². The molecule has 1 atom stereocenters. The van der Waals surface area contributed by atoms with Gasteiger partial charge in [0.2, 0.25) is 0 Å². The van der Waals surface area contributed by atoms with Crippen LogP contribution in [0.25, 0.3) is 0 Å². The molecule has 0 aliphatic carbocycles. The highest BCUT2D eigenvalue weighted by molar-refractivity contribution is 4.91. The molecule has 1 saturated heterocycles. The third-order valence-electron chi connectivity index (χ3n) is 3.63. The van der Waals surface area contributed by atoms with Crippen LogP contribution in [0.3, 0.4) is 0 Å². The lowest BCUT2D eigenvalue weighted by atomic mass is 9.97. The number of hydrogen-bond donors (Lipinski definition) is 1. The second kappa shape index (κ2) is 6.02. The van der Waals surface area contributed by atoms with Gasteiger partial charge in [0.05, 0.1) is 0 Å². The van der Waals surface area contributed by atoms with Gasteiger partial charge in [-0.2, -0.15) is 0 Å². The van der Waals surface area contributed by atoms with E-state index in [1.54, 1.807) is 0 Å². The summed E-state index contributed by atoms with van der Waals surface area (Å²) in [6.07, 6.45) is 3.98. The van der Waals surface area contributed by atoms with Gasteiger partial charge in [-0.1, -0.05) is 20.8 Å². The van der Waals surface area contributed by atoms with Crippen molar-refractivity contribution in [3.05, 3.63) is 0 Å². The van der Waals surface area contributed by atoms with Gasteiger partial charge in [0, 0.05) is 24.7 Å². The highest BCUT2D eigenvalue weighted by atomic mass is 15.2. The second-order valence-electron chi connectivity index (χ2n) is 6.33. The first-order valence-corrected chi connectivity index (χ1v) is 6.93. The first-order valence-electron chi connectivity index (χ1n) is 6.93. The zero-order chi connectivity index (χ0) is 12.2. The van der Waals surface area contributed by atoms with Crippen molar-refractivity contribution in [2.24, 2.45) is 5.92 Å². The Morgan fingerprint density at radius 2 is 2.06 bits per heavy atom. The van der Waals surface area contributed by atoms with Crippen LogP contribution in [0.15, 0.2) is 0 Å². The minimum atomic E-state index is 0.295. The number of piperazine rings is 1. The van der Waals surface area contributed by atoms with E-state index < -0.39 is 0 Å². The van der Waals surface area contributed by atoms with E-state index in [0.717, 1.165) is 18.5 Å².